The van der Waals surface area contributed by atoms with Crippen LogP contribution in [-0.2, 0) is 11.3 Å². The Morgan fingerprint density at radius 1 is 0.917 bits per heavy atom. The maximum absolute atomic E-state index is 13.6. The number of nitrogens with zero attached hydrogens (tertiary/aromatic N) is 2. The average molecular weight is 480 g/mol. The van der Waals surface area contributed by atoms with Gasteiger partial charge in [0.25, 0.3) is 0 Å². The van der Waals surface area contributed by atoms with Crippen LogP contribution in [0.1, 0.15) is 54.3 Å². The second kappa shape index (κ2) is 11.4. The van der Waals surface area contributed by atoms with E-state index in [2.05, 4.69) is 51.3 Å². The SMILES string of the molecule is O=C(NC(CO)c1ccccc1)C(c1ccc(Cn2ccnc2-c2ccccc2)cc1)C1CCCC1. The molecule has 0 bridgehead atoms. The van der Waals surface area contributed by atoms with Crippen LogP contribution < -0.4 is 5.32 Å². The molecule has 0 radical (unpaired) electrons. The van der Waals surface area contributed by atoms with Gasteiger partial charge in [-0.2, -0.15) is 0 Å². The molecule has 36 heavy (non-hydrogen) atoms. The molecule has 0 aliphatic heterocycles. The van der Waals surface area contributed by atoms with Crippen LogP contribution in [0.3, 0.4) is 0 Å². The maximum atomic E-state index is 13.6. The lowest BCUT2D eigenvalue weighted by Crippen LogP contribution is -2.37. The van der Waals surface area contributed by atoms with Gasteiger partial charge in [-0.05, 0) is 35.4 Å². The molecule has 0 saturated heterocycles. The number of imidazole rings is 1. The van der Waals surface area contributed by atoms with E-state index in [-0.39, 0.29) is 18.4 Å². The van der Waals surface area contributed by atoms with Crippen molar-refractivity contribution in [1.29, 1.82) is 0 Å². The molecule has 1 amide bonds. The summed E-state index contributed by atoms with van der Waals surface area (Å²) >= 11 is 0. The summed E-state index contributed by atoms with van der Waals surface area (Å²) in [6.45, 7) is 0.589. The van der Waals surface area contributed by atoms with Gasteiger partial charge in [-0.1, -0.05) is 97.8 Å². The summed E-state index contributed by atoms with van der Waals surface area (Å²) in [5, 5.41) is 13.1. The number of aliphatic hydroxyl groups is 1. The summed E-state index contributed by atoms with van der Waals surface area (Å²) in [5.74, 6) is 1.05. The highest BCUT2D eigenvalue weighted by atomic mass is 16.3. The van der Waals surface area contributed by atoms with Crippen LogP contribution in [0.25, 0.3) is 11.4 Å². The minimum Gasteiger partial charge on any atom is -0.394 e. The number of benzene rings is 3. The van der Waals surface area contributed by atoms with E-state index < -0.39 is 6.04 Å². The van der Waals surface area contributed by atoms with E-state index in [0.29, 0.717) is 12.5 Å². The molecule has 1 aliphatic carbocycles. The normalized spacial score (nSPS) is 15.5. The van der Waals surface area contributed by atoms with Crippen molar-refractivity contribution in [3.05, 3.63) is 114 Å². The standard InChI is InChI=1S/C31H33N3O2/c35-22-28(24-9-3-1-4-10-24)33-31(36)29(25-11-7-8-12-25)26-17-15-23(16-18-26)21-34-20-19-32-30(34)27-13-5-2-6-14-27/h1-6,9-10,13-20,25,28-29,35H,7-8,11-12,21-22H2,(H,33,36). The fourth-order valence-electron chi connectivity index (χ4n) is 5.42. The molecule has 1 aliphatic rings. The number of hydrogen-bond acceptors (Lipinski definition) is 3. The van der Waals surface area contributed by atoms with Gasteiger partial charge in [0.2, 0.25) is 5.91 Å². The zero-order valence-electron chi connectivity index (χ0n) is 20.5. The van der Waals surface area contributed by atoms with Crippen molar-refractivity contribution in [3.8, 4) is 11.4 Å². The third-order valence-electron chi connectivity index (χ3n) is 7.29. The molecule has 1 heterocycles. The lowest BCUT2D eigenvalue weighted by molar-refractivity contribution is -0.124. The Morgan fingerprint density at radius 2 is 1.58 bits per heavy atom. The Hall–Kier alpha value is -3.70. The minimum absolute atomic E-state index is 0.00136. The lowest BCUT2D eigenvalue weighted by Gasteiger charge is -2.26. The van der Waals surface area contributed by atoms with Crippen molar-refractivity contribution in [1.82, 2.24) is 14.9 Å². The molecule has 3 aromatic carbocycles. The van der Waals surface area contributed by atoms with E-state index in [1.54, 1.807) is 0 Å². The molecule has 1 aromatic heterocycles. The van der Waals surface area contributed by atoms with E-state index in [0.717, 1.165) is 53.8 Å². The molecule has 2 unspecified atom stereocenters. The van der Waals surface area contributed by atoms with E-state index in [4.69, 9.17) is 0 Å². The van der Waals surface area contributed by atoms with Gasteiger partial charge >= 0.3 is 0 Å². The predicted molar refractivity (Wildman–Crippen MR) is 142 cm³/mol. The summed E-state index contributed by atoms with van der Waals surface area (Å²) in [6, 6.07) is 27.9. The fraction of sp³-hybridized carbons (Fsp3) is 0.290. The first-order chi connectivity index (χ1) is 17.7. The second-order valence-electron chi connectivity index (χ2n) is 9.66. The van der Waals surface area contributed by atoms with E-state index >= 15 is 0 Å². The molecular formula is C31H33N3O2. The van der Waals surface area contributed by atoms with Gasteiger partial charge in [0, 0.05) is 24.5 Å². The number of rotatable bonds is 9. The van der Waals surface area contributed by atoms with E-state index in [1.165, 1.54) is 0 Å². The highest BCUT2D eigenvalue weighted by Crippen LogP contribution is 2.38. The first-order valence-corrected chi connectivity index (χ1v) is 12.8. The molecule has 1 saturated carbocycles. The highest BCUT2D eigenvalue weighted by molar-refractivity contribution is 5.84. The highest BCUT2D eigenvalue weighted by Gasteiger charge is 2.33. The summed E-state index contributed by atoms with van der Waals surface area (Å²) in [6.07, 6.45) is 8.29. The monoisotopic (exact) mass is 479 g/mol. The van der Waals surface area contributed by atoms with Crippen LogP contribution >= 0.6 is 0 Å². The largest absolute Gasteiger partial charge is 0.394 e. The van der Waals surface area contributed by atoms with Crippen LogP contribution in [-0.4, -0.2) is 27.2 Å². The Labute approximate surface area is 212 Å². The van der Waals surface area contributed by atoms with E-state index in [1.807, 2.05) is 60.9 Å². The zero-order chi connectivity index (χ0) is 24.7. The summed E-state index contributed by atoms with van der Waals surface area (Å²) < 4.78 is 2.15. The van der Waals surface area contributed by atoms with Crippen LogP contribution in [0.5, 0.6) is 0 Å². The van der Waals surface area contributed by atoms with Gasteiger partial charge in [-0.25, -0.2) is 4.98 Å². The second-order valence-corrected chi connectivity index (χ2v) is 9.66. The van der Waals surface area contributed by atoms with Gasteiger partial charge in [-0.15, -0.1) is 0 Å². The number of hydrogen-bond donors (Lipinski definition) is 2. The summed E-state index contributed by atoms with van der Waals surface area (Å²) in [4.78, 5) is 18.1. The van der Waals surface area contributed by atoms with Gasteiger partial charge < -0.3 is 15.0 Å². The van der Waals surface area contributed by atoms with Gasteiger partial charge in [0.1, 0.15) is 5.82 Å². The molecule has 184 valence electrons. The number of nitrogens with one attached hydrogen (secondary N) is 1. The molecule has 5 heteroatoms. The van der Waals surface area contributed by atoms with Crippen LogP contribution in [0, 0.1) is 5.92 Å². The third-order valence-corrected chi connectivity index (χ3v) is 7.29. The summed E-state index contributed by atoms with van der Waals surface area (Å²) in [5.41, 5.74) is 4.22. The molecule has 0 spiro atoms. The fourth-order valence-corrected chi connectivity index (χ4v) is 5.42. The van der Waals surface area contributed by atoms with Crippen LogP contribution in [0.4, 0.5) is 0 Å². The minimum atomic E-state index is -0.403. The van der Waals surface area contributed by atoms with Crippen molar-refractivity contribution >= 4 is 5.91 Å². The Morgan fingerprint density at radius 3 is 2.25 bits per heavy atom. The molecule has 4 aromatic rings. The Bertz CT molecular complexity index is 1250. The Kier molecular flexibility index (Phi) is 7.58. The summed E-state index contributed by atoms with van der Waals surface area (Å²) in [7, 11) is 0. The topological polar surface area (TPSA) is 67.2 Å². The molecule has 5 nitrogen and oxygen atoms in total. The van der Waals surface area contributed by atoms with Gasteiger partial charge in [0.05, 0.1) is 18.6 Å². The zero-order valence-corrected chi connectivity index (χ0v) is 20.5. The molecule has 1 fully saturated rings. The number of aliphatic hydroxyl groups excluding tert-OH is 1. The average Bonchev–Trinajstić information content (AvgIpc) is 3.62. The number of carbonyl (C=O) groups is 1. The third kappa shape index (κ3) is 5.42. The first-order valence-electron chi connectivity index (χ1n) is 12.8. The number of amides is 1. The van der Waals surface area contributed by atoms with Crippen molar-refractivity contribution < 1.29 is 9.90 Å². The van der Waals surface area contributed by atoms with E-state index in [9.17, 15) is 9.90 Å². The maximum Gasteiger partial charge on any atom is 0.228 e. The Balaban J connectivity index is 1.35. The predicted octanol–water partition coefficient (Wildman–Crippen LogP) is 5.72. The van der Waals surface area contributed by atoms with Crippen molar-refractivity contribution in [2.24, 2.45) is 5.92 Å². The van der Waals surface area contributed by atoms with Gasteiger partial charge in [-0.3, -0.25) is 4.79 Å². The quantitative estimate of drug-likeness (QED) is 0.323. The molecule has 2 atom stereocenters. The molecule has 2 N–H and O–H groups in total. The van der Waals surface area contributed by atoms with Gasteiger partial charge in [0.15, 0.2) is 0 Å². The van der Waals surface area contributed by atoms with Crippen molar-refractivity contribution in [2.45, 2.75) is 44.2 Å². The van der Waals surface area contributed by atoms with Crippen LogP contribution in [0.2, 0.25) is 0 Å². The number of carbonyl (C=O) groups excluding carboxylic acids is 1. The molecule has 5 rings (SSSR count). The van der Waals surface area contributed by atoms with Crippen LogP contribution in [0.15, 0.2) is 97.3 Å². The number of aromatic nitrogens is 2. The first kappa shape index (κ1) is 24.0. The smallest absolute Gasteiger partial charge is 0.228 e. The lowest BCUT2D eigenvalue weighted by atomic mass is 9.83. The van der Waals surface area contributed by atoms with Crippen molar-refractivity contribution in [2.75, 3.05) is 6.61 Å². The van der Waals surface area contributed by atoms with Crippen molar-refractivity contribution in [3.63, 3.8) is 0 Å². The molecular weight excluding hydrogens is 446 g/mol.